The van der Waals surface area contributed by atoms with Crippen LogP contribution in [0.5, 0.6) is 0 Å². The van der Waals surface area contributed by atoms with Gasteiger partial charge < -0.3 is 19.1 Å². The Labute approximate surface area is 176 Å². The molecule has 0 fully saturated rings. The fourth-order valence-electron chi connectivity index (χ4n) is 4.69. The Balaban J connectivity index is 1.69. The summed E-state index contributed by atoms with van der Waals surface area (Å²) in [5, 5.41) is 0. The molecule has 30 heavy (non-hydrogen) atoms. The van der Waals surface area contributed by atoms with Crippen molar-refractivity contribution >= 4 is 12.1 Å². The fourth-order valence-corrected chi connectivity index (χ4v) is 4.69. The van der Waals surface area contributed by atoms with Crippen molar-refractivity contribution in [3.8, 4) is 0 Å². The molecule has 2 aromatic carbocycles. The highest BCUT2D eigenvalue weighted by Gasteiger charge is 2.54. The maximum Gasteiger partial charge on any atom is 0.409 e. The average molecular weight is 409 g/mol. The molecule has 0 saturated heterocycles. The van der Waals surface area contributed by atoms with E-state index in [1.807, 2.05) is 30.3 Å². The molecule has 3 atom stereocenters. The lowest BCUT2D eigenvalue weighted by atomic mass is 9.80. The first kappa shape index (κ1) is 20.4. The molecule has 1 amide bonds. The van der Waals surface area contributed by atoms with Crippen LogP contribution in [0.2, 0.25) is 0 Å². The number of hydrogen-bond acceptors (Lipinski definition) is 5. The molecule has 0 radical (unpaired) electrons. The van der Waals surface area contributed by atoms with E-state index in [2.05, 4.69) is 18.2 Å². The second-order valence-electron chi connectivity index (χ2n) is 7.79. The van der Waals surface area contributed by atoms with Crippen molar-refractivity contribution in [1.82, 2.24) is 4.90 Å². The molecule has 2 heterocycles. The Kier molecular flexibility index (Phi) is 5.52. The monoisotopic (exact) mass is 409 g/mol. The minimum absolute atomic E-state index is 0.320. The van der Waals surface area contributed by atoms with E-state index in [4.69, 9.17) is 14.2 Å². The van der Waals surface area contributed by atoms with Crippen LogP contribution in [0.3, 0.4) is 0 Å². The first-order valence-electron chi connectivity index (χ1n) is 10.4. The highest BCUT2D eigenvalue weighted by atomic mass is 16.6. The molecule has 1 unspecified atom stereocenters. The maximum absolute atomic E-state index is 11.9. The number of amides is 1. The Morgan fingerprint density at radius 3 is 2.37 bits per heavy atom. The van der Waals surface area contributed by atoms with E-state index in [1.54, 1.807) is 18.9 Å². The van der Waals surface area contributed by atoms with Gasteiger partial charge in [-0.2, -0.15) is 0 Å². The molecular formula is C24H27NO5. The van der Waals surface area contributed by atoms with Crippen molar-refractivity contribution in [2.75, 3.05) is 20.2 Å². The predicted molar refractivity (Wildman–Crippen MR) is 111 cm³/mol. The molecule has 2 aromatic rings. The van der Waals surface area contributed by atoms with Crippen LogP contribution in [0.1, 0.15) is 61.2 Å². The van der Waals surface area contributed by atoms with Crippen molar-refractivity contribution in [2.45, 2.75) is 44.5 Å². The molecule has 0 N–H and O–H groups in total. The van der Waals surface area contributed by atoms with E-state index in [-0.39, 0.29) is 18.2 Å². The molecule has 2 aliphatic heterocycles. The summed E-state index contributed by atoms with van der Waals surface area (Å²) in [7, 11) is 1.74. The van der Waals surface area contributed by atoms with Gasteiger partial charge in [-0.15, -0.1) is 0 Å². The summed E-state index contributed by atoms with van der Waals surface area (Å²) < 4.78 is 17.5. The van der Waals surface area contributed by atoms with Gasteiger partial charge in [0.2, 0.25) is 0 Å². The van der Waals surface area contributed by atoms with Crippen LogP contribution < -0.4 is 0 Å². The van der Waals surface area contributed by atoms with Crippen LogP contribution in [0.25, 0.3) is 0 Å². The number of esters is 1. The number of hydrogen-bond donors (Lipinski definition) is 0. The lowest BCUT2D eigenvalue weighted by Gasteiger charge is -2.40. The Morgan fingerprint density at radius 1 is 1.07 bits per heavy atom. The summed E-state index contributed by atoms with van der Waals surface area (Å²) in [6.45, 7) is 4.14. The predicted octanol–water partition coefficient (Wildman–Crippen LogP) is 4.49. The number of fused-ring (bicyclic) bond motifs is 7. The third-order valence-electron chi connectivity index (χ3n) is 5.90. The van der Waals surface area contributed by atoms with Gasteiger partial charge in [0.25, 0.3) is 0 Å². The third kappa shape index (κ3) is 3.35. The van der Waals surface area contributed by atoms with E-state index in [0.717, 1.165) is 28.7 Å². The standard InChI is InChI=1S/C24H27NO5/c1-4-28-23(27)25(3)15-9-14-24-19-12-7-5-10-17(19)21(29-16(2)26)22(30-24)18-11-6-8-13-20(18)24/h5-8,10-13,21-22H,4,9,14-15H2,1-3H3/t21-,22-,24?/m1/s1. The summed E-state index contributed by atoms with van der Waals surface area (Å²) in [6, 6.07) is 16.2. The zero-order valence-electron chi connectivity index (χ0n) is 17.6. The highest BCUT2D eigenvalue weighted by molar-refractivity contribution is 5.67. The van der Waals surface area contributed by atoms with E-state index in [9.17, 15) is 9.59 Å². The summed E-state index contributed by atoms with van der Waals surface area (Å²) in [4.78, 5) is 25.4. The molecule has 6 heteroatoms. The number of carbonyl (C=O) groups is 2. The minimum Gasteiger partial charge on any atom is -0.454 e. The van der Waals surface area contributed by atoms with Gasteiger partial charge in [0.05, 0.1) is 6.61 Å². The van der Waals surface area contributed by atoms with E-state index < -0.39 is 11.7 Å². The number of benzene rings is 2. The molecule has 6 nitrogen and oxygen atoms in total. The van der Waals surface area contributed by atoms with E-state index in [1.165, 1.54) is 6.92 Å². The van der Waals surface area contributed by atoms with Gasteiger partial charge in [0.15, 0.2) is 6.10 Å². The topological polar surface area (TPSA) is 65.1 Å². The van der Waals surface area contributed by atoms with Crippen LogP contribution >= 0.6 is 0 Å². The van der Waals surface area contributed by atoms with Crippen LogP contribution in [0.15, 0.2) is 48.5 Å². The third-order valence-corrected chi connectivity index (χ3v) is 5.90. The average Bonchev–Trinajstić information content (AvgIpc) is 3.03. The minimum atomic E-state index is -0.621. The molecule has 0 aromatic heterocycles. The van der Waals surface area contributed by atoms with Gasteiger partial charge >= 0.3 is 12.1 Å². The molecule has 4 rings (SSSR count). The SMILES string of the molecule is CCOC(=O)N(C)CCCC12O[C@H](c3ccccc31)[C@H](OC(C)=O)c1ccccc12. The van der Waals surface area contributed by atoms with Crippen molar-refractivity contribution in [3.05, 3.63) is 70.8 Å². The maximum atomic E-state index is 11.9. The van der Waals surface area contributed by atoms with Gasteiger partial charge in [0, 0.05) is 26.1 Å². The van der Waals surface area contributed by atoms with Crippen molar-refractivity contribution in [2.24, 2.45) is 0 Å². The second kappa shape index (κ2) is 8.11. The molecule has 158 valence electrons. The Bertz CT molecular complexity index is 958. The van der Waals surface area contributed by atoms with Gasteiger partial charge in [-0.3, -0.25) is 4.79 Å². The molecule has 2 aliphatic rings. The lowest BCUT2D eigenvalue weighted by molar-refractivity contribution is -0.170. The first-order valence-corrected chi connectivity index (χ1v) is 10.4. The number of rotatable bonds is 6. The van der Waals surface area contributed by atoms with E-state index in [0.29, 0.717) is 19.6 Å². The van der Waals surface area contributed by atoms with Crippen molar-refractivity contribution in [3.63, 3.8) is 0 Å². The van der Waals surface area contributed by atoms with Gasteiger partial charge in [0.1, 0.15) is 11.7 Å². The highest BCUT2D eigenvalue weighted by Crippen LogP contribution is 2.60. The number of carbonyl (C=O) groups excluding carboxylic acids is 2. The first-order chi connectivity index (χ1) is 14.5. The van der Waals surface area contributed by atoms with E-state index >= 15 is 0 Å². The molecule has 0 saturated carbocycles. The van der Waals surface area contributed by atoms with Gasteiger partial charge in [-0.1, -0.05) is 48.5 Å². The van der Waals surface area contributed by atoms with Gasteiger partial charge in [-0.25, -0.2) is 4.79 Å². The Morgan fingerprint density at radius 2 is 1.70 bits per heavy atom. The molecule has 0 aliphatic carbocycles. The molecule has 0 spiro atoms. The summed E-state index contributed by atoms with van der Waals surface area (Å²) >= 11 is 0. The summed E-state index contributed by atoms with van der Waals surface area (Å²) in [6.07, 6.45) is 0.303. The van der Waals surface area contributed by atoms with Crippen molar-refractivity contribution < 1.29 is 23.8 Å². The smallest absolute Gasteiger partial charge is 0.409 e. The number of nitrogens with zero attached hydrogens (tertiary/aromatic N) is 1. The van der Waals surface area contributed by atoms with Crippen molar-refractivity contribution in [1.29, 1.82) is 0 Å². The number of ether oxygens (including phenoxy) is 3. The fraction of sp³-hybridized carbons (Fsp3) is 0.417. The second-order valence-corrected chi connectivity index (χ2v) is 7.79. The molecular weight excluding hydrogens is 382 g/mol. The normalized spacial score (nSPS) is 23.3. The van der Waals surface area contributed by atoms with Crippen LogP contribution in [-0.4, -0.2) is 37.2 Å². The zero-order chi connectivity index (χ0) is 21.3. The van der Waals surface area contributed by atoms with Crippen LogP contribution in [0, 0.1) is 0 Å². The zero-order valence-corrected chi connectivity index (χ0v) is 17.6. The van der Waals surface area contributed by atoms with Crippen LogP contribution in [0.4, 0.5) is 4.79 Å². The Hall–Kier alpha value is -2.86. The van der Waals surface area contributed by atoms with Crippen LogP contribution in [-0.2, 0) is 24.6 Å². The summed E-state index contributed by atoms with van der Waals surface area (Å²) in [5.74, 6) is -0.327. The van der Waals surface area contributed by atoms with Gasteiger partial charge in [-0.05, 0) is 36.5 Å². The summed E-state index contributed by atoms with van der Waals surface area (Å²) in [5.41, 5.74) is 3.55. The quantitative estimate of drug-likeness (QED) is 0.658. The largest absolute Gasteiger partial charge is 0.454 e. The molecule has 2 bridgehead atoms. The lowest BCUT2D eigenvalue weighted by Crippen LogP contribution is -2.36.